The van der Waals surface area contributed by atoms with Crippen LogP contribution in [0.15, 0.2) is 17.3 Å². The van der Waals surface area contributed by atoms with Crippen molar-refractivity contribution < 1.29 is 0 Å². The first-order chi connectivity index (χ1) is 8.29. The second kappa shape index (κ2) is 4.00. The molecule has 3 heterocycles. The van der Waals surface area contributed by atoms with Gasteiger partial charge in [0.2, 0.25) is 0 Å². The monoisotopic (exact) mass is 232 g/mol. The van der Waals surface area contributed by atoms with Gasteiger partial charge in [-0.25, -0.2) is 4.98 Å². The second-order valence-corrected chi connectivity index (χ2v) is 4.60. The highest BCUT2D eigenvalue weighted by molar-refractivity contribution is 5.78. The number of nitrogens with zero attached hydrogens (tertiary/aromatic N) is 1. The molecule has 0 saturated carbocycles. The summed E-state index contributed by atoms with van der Waals surface area (Å²) in [6, 6.07) is 0.912. The molecule has 2 atom stereocenters. The number of hydrogen-bond donors (Lipinski definition) is 3. The van der Waals surface area contributed by atoms with E-state index in [-0.39, 0.29) is 5.56 Å². The molecule has 0 spiro atoms. The highest BCUT2D eigenvalue weighted by Gasteiger charge is 2.26. The molecular weight excluding hydrogens is 216 g/mol. The minimum absolute atomic E-state index is 0.105. The van der Waals surface area contributed by atoms with E-state index in [1.54, 1.807) is 0 Å². The van der Waals surface area contributed by atoms with Crippen molar-refractivity contribution in [2.75, 3.05) is 0 Å². The third-order valence-electron chi connectivity index (χ3n) is 3.61. The number of H-pyrrole nitrogens is 2. The maximum absolute atomic E-state index is 11.6. The quantitative estimate of drug-likeness (QED) is 0.733. The predicted octanol–water partition coefficient (Wildman–Crippen LogP) is 1.45. The SMILES string of the molecule is CC[C@@H]1CC[C@H](c2c[nH]c3c(=O)[nH]cnc23)N1. The largest absolute Gasteiger partial charge is 0.355 e. The van der Waals surface area contributed by atoms with Crippen molar-refractivity contribution in [2.45, 2.75) is 38.3 Å². The molecule has 5 nitrogen and oxygen atoms in total. The van der Waals surface area contributed by atoms with Gasteiger partial charge < -0.3 is 15.3 Å². The van der Waals surface area contributed by atoms with Gasteiger partial charge >= 0.3 is 0 Å². The van der Waals surface area contributed by atoms with E-state index in [4.69, 9.17) is 0 Å². The van der Waals surface area contributed by atoms with Crippen LogP contribution in [-0.2, 0) is 0 Å². The summed E-state index contributed by atoms with van der Waals surface area (Å²) < 4.78 is 0. The maximum atomic E-state index is 11.6. The molecule has 0 unspecified atom stereocenters. The Hall–Kier alpha value is -1.62. The van der Waals surface area contributed by atoms with Crippen LogP contribution in [0, 0.1) is 0 Å². The number of aromatic amines is 2. The van der Waals surface area contributed by atoms with Crippen LogP contribution in [0.5, 0.6) is 0 Å². The van der Waals surface area contributed by atoms with Crippen LogP contribution in [0.3, 0.4) is 0 Å². The summed E-state index contributed by atoms with van der Waals surface area (Å²) in [4.78, 5) is 21.5. The fourth-order valence-corrected chi connectivity index (χ4v) is 2.62. The molecule has 2 aromatic rings. The lowest BCUT2D eigenvalue weighted by Crippen LogP contribution is -2.23. The third-order valence-corrected chi connectivity index (χ3v) is 3.61. The Morgan fingerprint density at radius 2 is 2.29 bits per heavy atom. The smallest absolute Gasteiger partial charge is 0.275 e. The molecule has 0 aliphatic carbocycles. The topological polar surface area (TPSA) is 73.6 Å². The molecule has 1 aliphatic heterocycles. The van der Waals surface area contributed by atoms with Crippen LogP contribution in [-0.4, -0.2) is 21.0 Å². The maximum Gasteiger partial charge on any atom is 0.275 e. The lowest BCUT2D eigenvalue weighted by molar-refractivity contribution is 0.541. The number of aromatic nitrogens is 3. The Morgan fingerprint density at radius 1 is 1.41 bits per heavy atom. The van der Waals surface area contributed by atoms with Gasteiger partial charge in [0, 0.05) is 23.8 Å². The van der Waals surface area contributed by atoms with Gasteiger partial charge in [-0.3, -0.25) is 4.79 Å². The Bertz CT molecular complexity index is 585. The Labute approximate surface area is 98.7 Å². The number of fused-ring (bicyclic) bond motifs is 1. The van der Waals surface area contributed by atoms with E-state index >= 15 is 0 Å². The zero-order valence-corrected chi connectivity index (χ0v) is 9.79. The van der Waals surface area contributed by atoms with E-state index in [9.17, 15) is 4.79 Å². The fraction of sp³-hybridized carbons (Fsp3) is 0.500. The van der Waals surface area contributed by atoms with Gasteiger partial charge in [-0.15, -0.1) is 0 Å². The highest BCUT2D eigenvalue weighted by Crippen LogP contribution is 2.30. The third kappa shape index (κ3) is 1.67. The molecule has 0 bridgehead atoms. The molecule has 5 heteroatoms. The van der Waals surface area contributed by atoms with Crippen LogP contribution >= 0.6 is 0 Å². The first kappa shape index (κ1) is 10.5. The highest BCUT2D eigenvalue weighted by atomic mass is 16.1. The molecular formula is C12H16N4O. The van der Waals surface area contributed by atoms with E-state index in [0.29, 0.717) is 17.6 Å². The normalized spacial score (nSPS) is 24.5. The first-order valence-corrected chi connectivity index (χ1v) is 6.10. The molecule has 0 radical (unpaired) electrons. The molecule has 0 aromatic carbocycles. The van der Waals surface area contributed by atoms with Crippen LogP contribution < -0.4 is 10.9 Å². The number of rotatable bonds is 2. The van der Waals surface area contributed by atoms with Crippen molar-refractivity contribution >= 4 is 11.0 Å². The Morgan fingerprint density at radius 3 is 3.06 bits per heavy atom. The van der Waals surface area contributed by atoms with Gasteiger partial charge in [0.1, 0.15) is 11.0 Å². The molecule has 1 aliphatic rings. The summed E-state index contributed by atoms with van der Waals surface area (Å²) in [5.74, 6) is 0. The van der Waals surface area contributed by atoms with Crippen molar-refractivity contribution in [3.05, 3.63) is 28.4 Å². The van der Waals surface area contributed by atoms with Crippen LogP contribution in [0.1, 0.15) is 37.8 Å². The van der Waals surface area contributed by atoms with Crippen molar-refractivity contribution in [1.82, 2.24) is 20.3 Å². The summed E-state index contributed by atoms with van der Waals surface area (Å²) >= 11 is 0. The number of hydrogen-bond acceptors (Lipinski definition) is 3. The van der Waals surface area contributed by atoms with Crippen LogP contribution in [0.2, 0.25) is 0 Å². The molecule has 17 heavy (non-hydrogen) atoms. The van der Waals surface area contributed by atoms with Crippen LogP contribution in [0.4, 0.5) is 0 Å². The van der Waals surface area contributed by atoms with Gasteiger partial charge in [0.05, 0.1) is 6.33 Å². The van der Waals surface area contributed by atoms with Gasteiger partial charge in [-0.1, -0.05) is 6.92 Å². The molecule has 0 amide bonds. The van der Waals surface area contributed by atoms with E-state index in [1.165, 1.54) is 12.7 Å². The van der Waals surface area contributed by atoms with E-state index in [1.807, 2.05) is 6.20 Å². The van der Waals surface area contributed by atoms with Gasteiger partial charge in [0.25, 0.3) is 5.56 Å². The van der Waals surface area contributed by atoms with Crippen molar-refractivity contribution in [3.8, 4) is 0 Å². The van der Waals surface area contributed by atoms with Gasteiger partial charge in [-0.2, -0.15) is 0 Å². The van der Waals surface area contributed by atoms with E-state index in [0.717, 1.165) is 23.9 Å². The van der Waals surface area contributed by atoms with Gasteiger partial charge in [-0.05, 0) is 19.3 Å². The molecule has 90 valence electrons. The second-order valence-electron chi connectivity index (χ2n) is 4.60. The summed E-state index contributed by atoms with van der Waals surface area (Å²) in [6.45, 7) is 2.19. The molecule has 2 aromatic heterocycles. The van der Waals surface area contributed by atoms with Crippen molar-refractivity contribution in [3.63, 3.8) is 0 Å². The zero-order valence-electron chi connectivity index (χ0n) is 9.79. The lowest BCUT2D eigenvalue weighted by atomic mass is 10.1. The van der Waals surface area contributed by atoms with Crippen LogP contribution in [0.25, 0.3) is 11.0 Å². The van der Waals surface area contributed by atoms with E-state index < -0.39 is 0 Å². The molecule has 3 N–H and O–H groups in total. The fourth-order valence-electron chi connectivity index (χ4n) is 2.62. The van der Waals surface area contributed by atoms with Gasteiger partial charge in [0.15, 0.2) is 0 Å². The average molecular weight is 232 g/mol. The zero-order chi connectivity index (χ0) is 11.8. The minimum Gasteiger partial charge on any atom is -0.355 e. The Balaban J connectivity index is 2.02. The number of nitrogens with one attached hydrogen (secondary N) is 3. The summed E-state index contributed by atoms with van der Waals surface area (Å²) in [5.41, 5.74) is 2.38. The first-order valence-electron chi connectivity index (χ1n) is 6.10. The summed E-state index contributed by atoms with van der Waals surface area (Å²) in [6.07, 6.45) is 6.82. The molecule has 3 rings (SSSR count). The molecule has 1 fully saturated rings. The van der Waals surface area contributed by atoms with E-state index in [2.05, 4.69) is 27.2 Å². The summed E-state index contributed by atoms with van der Waals surface area (Å²) in [7, 11) is 0. The minimum atomic E-state index is -0.105. The Kier molecular flexibility index (Phi) is 2.48. The standard InChI is InChI=1S/C12H16N4O/c1-2-7-3-4-9(16-7)8-5-13-11-10(8)14-6-15-12(11)17/h5-7,9,13,16H,2-4H2,1H3,(H,14,15,17)/t7-,9-/m1/s1. The van der Waals surface area contributed by atoms with Crippen molar-refractivity contribution in [2.24, 2.45) is 0 Å². The lowest BCUT2D eigenvalue weighted by Gasteiger charge is -2.11. The van der Waals surface area contributed by atoms with Crippen molar-refractivity contribution in [1.29, 1.82) is 0 Å². The average Bonchev–Trinajstić information content (AvgIpc) is 2.94. The summed E-state index contributed by atoms with van der Waals surface area (Å²) in [5, 5.41) is 3.58. The molecule has 1 saturated heterocycles. The predicted molar refractivity (Wildman–Crippen MR) is 65.9 cm³/mol.